The number of nitrogens with one attached hydrogen (secondary N) is 1. The number of nitrogens with zero attached hydrogens (tertiary/aromatic N) is 1. The van der Waals surface area contributed by atoms with Gasteiger partial charge in [0.25, 0.3) is 0 Å². The molecule has 0 atom stereocenters. The molecule has 2 aromatic rings. The number of rotatable bonds is 5. The van der Waals surface area contributed by atoms with Gasteiger partial charge in [-0.25, -0.2) is 4.98 Å². The highest BCUT2D eigenvalue weighted by molar-refractivity contribution is 5.93. The average Bonchev–Trinajstić information content (AvgIpc) is 2.44. The minimum absolute atomic E-state index is 0.452. The molecule has 1 aromatic carbocycles. The predicted octanol–water partition coefficient (Wildman–Crippen LogP) is 5.03. The SMILES string of the molecule is CCCNc1cc(C(F)(F)F)nc2c(CCC)cccc12. The zero-order chi connectivity index (χ0) is 15.5. The minimum atomic E-state index is -4.43. The first-order valence-electron chi connectivity index (χ1n) is 7.21. The van der Waals surface area contributed by atoms with E-state index >= 15 is 0 Å². The van der Waals surface area contributed by atoms with Crippen molar-refractivity contribution in [1.82, 2.24) is 4.98 Å². The van der Waals surface area contributed by atoms with Gasteiger partial charge in [-0.1, -0.05) is 38.5 Å². The van der Waals surface area contributed by atoms with Crippen LogP contribution < -0.4 is 5.32 Å². The lowest BCUT2D eigenvalue weighted by Gasteiger charge is -2.15. The zero-order valence-corrected chi connectivity index (χ0v) is 12.2. The molecule has 5 heteroatoms. The Balaban J connectivity index is 2.65. The Labute approximate surface area is 122 Å². The van der Waals surface area contributed by atoms with Gasteiger partial charge in [-0.2, -0.15) is 13.2 Å². The molecule has 2 rings (SSSR count). The Morgan fingerprint density at radius 2 is 1.90 bits per heavy atom. The van der Waals surface area contributed by atoms with E-state index in [-0.39, 0.29) is 0 Å². The van der Waals surface area contributed by atoms with Crippen LogP contribution in [0.5, 0.6) is 0 Å². The van der Waals surface area contributed by atoms with E-state index in [1.54, 1.807) is 0 Å². The largest absolute Gasteiger partial charge is 0.433 e. The van der Waals surface area contributed by atoms with Gasteiger partial charge < -0.3 is 5.32 Å². The Bertz CT molecular complexity index is 621. The van der Waals surface area contributed by atoms with Gasteiger partial charge in [-0.15, -0.1) is 0 Å². The summed E-state index contributed by atoms with van der Waals surface area (Å²) >= 11 is 0. The molecule has 1 heterocycles. The maximum atomic E-state index is 13.0. The van der Waals surface area contributed by atoms with Crippen molar-refractivity contribution in [3.63, 3.8) is 0 Å². The molecule has 1 N–H and O–H groups in total. The van der Waals surface area contributed by atoms with E-state index in [4.69, 9.17) is 0 Å². The van der Waals surface area contributed by atoms with E-state index in [0.29, 0.717) is 17.7 Å². The number of pyridine rings is 1. The van der Waals surface area contributed by atoms with Crippen LogP contribution in [-0.4, -0.2) is 11.5 Å². The molecule has 0 spiro atoms. The lowest BCUT2D eigenvalue weighted by molar-refractivity contribution is -0.140. The van der Waals surface area contributed by atoms with Gasteiger partial charge in [0.1, 0.15) is 5.69 Å². The van der Waals surface area contributed by atoms with Gasteiger partial charge >= 0.3 is 6.18 Å². The summed E-state index contributed by atoms with van der Waals surface area (Å²) in [4.78, 5) is 3.87. The van der Waals surface area contributed by atoms with Crippen molar-refractivity contribution in [1.29, 1.82) is 0 Å². The standard InChI is InChI=1S/C16H19F3N2/c1-3-6-11-7-5-8-12-13(20-9-4-2)10-14(16(17,18)19)21-15(11)12/h5,7-8,10H,3-4,6,9H2,1-2H3,(H,20,21). The lowest BCUT2D eigenvalue weighted by Crippen LogP contribution is -2.11. The van der Waals surface area contributed by atoms with Gasteiger partial charge in [-0.3, -0.25) is 0 Å². The number of halogens is 3. The topological polar surface area (TPSA) is 24.9 Å². The van der Waals surface area contributed by atoms with Crippen LogP contribution in [-0.2, 0) is 12.6 Å². The van der Waals surface area contributed by atoms with Crippen LogP contribution in [0.25, 0.3) is 10.9 Å². The third-order valence-corrected chi connectivity index (χ3v) is 3.30. The van der Waals surface area contributed by atoms with Gasteiger partial charge in [0, 0.05) is 17.6 Å². The van der Waals surface area contributed by atoms with Crippen LogP contribution in [0.4, 0.5) is 18.9 Å². The van der Waals surface area contributed by atoms with E-state index in [0.717, 1.165) is 36.3 Å². The smallest absolute Gasteiger partial charge is 0.384 e. The number of hydrogen-bond acceptors (Lipinski definition) is 2. The number of aromatic nitrogens is 1. The van der Waals surface area contributed by atoms with Crippen molar-refractivity contribution in [3.05, 3.63) is 35.5 Å². The fourth-order valence-electron chi connectivity index (χ4n) is 2.33. The Morgan fingerprint density at radius 3 is 2.52 bits per heavy atom. The summed E-state index contributed by atoms with van der Waals surface area (Å²) in [6, 6.07) is 6.65. The summed E-state index contributed by atoms with van der Waals surface area (Å²) in [5.74, 6) is 0. The summed E-state index contributed by atoms with van der Waals surface area (Å²) in [6.07, 6.45) is -2.00. The maximum absolute atomic E-state index is 13.0. The molecule has 0 aliphatic carbocycles. The molecule has 0 amide bonds. The minimum Gasteiger partial charge on any atom is -0.384 e. The molecular weight excluding hydrogens is 277 g/mol. The normalized spacial score (nSPS) is 11.9. The molecule has 0 radical (unpaired) electrons. The van der Waals surface area contributed by atoms with Crippen molar-refractivity contribution < 1.29 is 13.2 Å². The van der Waals surface area contributed by atoms with Gasteiger partial charge in [0.05, 0.1) is 5.52 Å². The quantitative estimate of drug-likeness (QED) is 0.837. The molecule has 0 saturated heterocycles. The molecule has 0 saturated carbocycles. The summed E-state index contributed by atoms with van der Waals surface area (Å²) in [5, 5.41) is 3.83. The molecule has 0 unspecified atom stereocenters. The Morgan fingerprint density at radius 1 is 1.14 bits per heavy atom. The van der Waals surface area contributed by atoms with Gasteiger partial charge in [-0.05, 0) is 24.5 Å². The molecule has 1 aromatic heterocycles. The number of para-hydroxylation sites is 1. The number of hydrogen-bond donors (Lipinski definition) is 1. The lowest BCUT2D eigenvalue weighted by atomic mass is 10.0. The van der Waals surface area contributed by atoms with Crippen molar-refractivity contribution in [2.75, 3.05) is 11.9 Å². The van der Waals surface area contributed by atoms with Crippen LogP contribution in [0.1, 0.15) is 37.9 Å². The fraction of sp³-hybridized carbons (Fsp3) is 0.438. The second-order valence-corrected chi connectivity index (χ2v) is 5.04. The number of aryl methyl sites for hydroxylation is 1. The summed E-state index contributed by atoms with van der Waals surface area (Å²) in [5.41, 5.74) is 0.984. The highest BCUT2D eigenvalue weighted by Crippen LogP contribution is 2.34. The first-order chi connectivity index (χ1) is 9.97. The molecule has 114 valence electrons. The molecule has 2 nitrogen and oxygen atoms in total. The molecular formula is C16H19F3N2. The summed E-state index contributed by atoms with van der Waals surface area (Å²) in [7, 11) is 0. The van der Waals surface area contributed by atoms with E-state index in [2.05, 4.69) is 10.3 Å². The first-order valence-corrected chi connectivity index (χ1v) is 7.21. The van der Waals surface area contributed by atoms with Crippen LogP contribution in [0.3, 0.4) is 0 Å². The Hall–Kier alpha value is -1.78. The zero-order valence-electron chi connectivity index (χ0n) is 12.2. The van der Waals surface area contributed by atoms with Gasteiger partial charge in [0.2, 0.25) is 0 Å². The Kier molecular flexibility index (Phi) is 4.70. The number of benzene rings is 1. The summed E-state index contributed by atoms with van der Waals surface area (Å²) < 4.78 is 39.1. The van der Waals surface area contributed by atoms with Crippen LogP contribution in [0.15, 0.2) is 24.3 Å². The third-order valence-electron chi connectivity index (χ3n) is 3.30. The first kappa shape index (κ1) is 15.6. The average molecular weight is 296 g/mol. The highest BCUT2D eigenvalue weighted by Gasteiger charge is 2.33. The molecule has 0 fully saturated rings. The number of alkyl halides is 3. The van der Waals surface area contributed by atoms with Crippen molar-refractivity contribution in [2.45, 2.75) is 39.3 Å². The van der Waals surface area contributed by atoms with Crippen LogP contribution >= 0.6 is 0 Å². The maximum Gasteiger partial charge on any atom is 0.433 e. The third kappa shape index (κ3) is 3.46. The molecule has 0 aliphatic heterocycles. The van der Waals surface area contributed by atoms with Crippen molar-refractivity contribution in [2.24, 2.45) is 0 Å². The number of fused-ring (bicyclic) bond motifs is 1. The molecule has 0 bridgehead atoms. The van der Waals surface area contributed by atoms with Crippen molar-refractivity contribution >= 4 is 16.6 Å². The second kappa shape index (κ2) is 6.33. The highest BCUT2D eigenvalue weighted by atomic mass is 19.4. The van der Waals surface area contributed by atoms with E-state index in [1.807, 2.05) is 32.0 Å². The summed E-state index contributed by atoms with van der Waals surface area (Å²) in [6.45, 7) is 4.61. The van der Waals surface area contributed by atoms with E-state index < -0.39 is 11.9 Å². The van der Waals surface area contributed by atoms with Gasteiger partial charge in [0.15, 0.2) is 0 Å². The second-order valence-electron chi connectivity index (χ2n) is 5.04. The van der Waals surface area contributed by atoms with E-state index in [1.165, 1.54) is 0 Å². The van der Waals surface area contributed by atoms with Crippen molar-refractivity contribution in [3.8, 4) is 0 Å². The van der Waals surface area contributed by atoms with E-state index in [9.17, 15) is 13.2 Å². The monoisotopic (exact) mass is 296 g/mol. The predicted molar refractivity (Wildman–Crippen MR) is 79.5 cm³/mol. The fourth-order valence-corrected chi connectivity index (χ4v) is 2.33. The van der Waals surface area contributed by atoms with Crippen LogP contribution in [0, 0.1) is 0 Å². The van der Waals surface area contributed by atoms with Crippen LogP contribution in [0.2, 0.25) is 0 Å². The molecule has 21 heavy (non-hydrogen) atoms. The number of anilines is 1. The molecule has 0 aliphatic rings.